The molecule has 3 aromatic rings. The summed E-state index contributed by atoms with van der Waals surface area (Å²) in [7, 11) is 0. The first kappa shape index (κ1) is 27.5. The van der Waals surface area contributed by atoms with Crippen LogP contribution in [0.4, 0.5) is 0 Å². The zero-order valence-electron chi connectivity index (χ0n) is 22.0. The van der Waals surface area contributed by atoms with Crippen LogP contribution >= 0.6 is 0 Å². The maximum absolute atomic E-state index is 12.6. The molecule has 0 radical (unpaired) electrons. The molecule has 0 aromatic heterocycles. The maximum atomic E-state index is 12.6. The fourth-order valence-electron chi connectivity index (χ4n) is 4.00. The van der Waals surface area contributed by atoms with E-state index in [1.165, 1.54) is 25.7 Å². The molecule has 3 aromatic carbocycles. The zero-order valence-corrected chi connectivity index (χ0v) is 22.0. The molecule has 0 saturated heterocycles. The molecular weight excluding hydrogens is 448 g/mol. The molecule has 0 N–H and O–H groups in total. The van der Waals surface area contributed by atoms with Gasteiger partial charge in [0.25, 0.3) is 0 Å². The SMILES string of the molecule is CCCCCC[C@H](C)Oc1ccc(-c2ccc(C(=O)Oc3ccc(CCOCCC)cc3)cc2)cc1. The van der Waals surface area contributed by atoms with Crippen LogP contribution in [-0.2, 0) is 11.2 Å². The molecule has 0 spiro atoms. The van der Waals surface area contributed by atoms with E-state index < -0.39 is 0 Å². The van der Waals surface area contributed by atoms with Crippen LogP contribution in [0.15, 0.2) is 72.8 Å². The second kappa shape index (κ2) is 15.1. The van der Waals surface area contributed by atoms with Gasteiger partial charge in [-0.05, 0) is 85.7 Å². The van der Waals surface area contributed by atoms with E-state index in [0.717, 1.165) is 48.3 Å². The first-order valence-electron chi connectivity index (χ1n) is 13.3. The highest BCUT2D eigenvalue weighted by molar-refractivity contribution is 5.91. The van der Waals surface area contributed by atoms with E-state index in [2.05, 4.69) is 32.9 Å². The Kier molecular flexibility index (Phi) is 11.5. The van der Waals surface area contributed by atoms with E-state index >= 15 is 0 Å². The Morgan fingerprint density at radius 1 is 0.722 bits per heavy atom. The van der Waals surface area contributed by atoms with Gasteiger partial charge in [-0.25, -0.2) is 4.79 Å². The van der Waals surface area contributed by atoms with Crippen LogP contribution in [0, 0.1) is 0 Å². The number of hydrogen-bond donors (Lipinski definition) is 0. The fourth-order valence-corrected chi connectivity index (χ4v) is 4.00. The molecule has 0 saturated carbocycles. The Balaban J connectivity index is 1.49. The van der Waals surface area contributed by atoms with E-state index in [1.54, 1.807) is 12.1 Å². The quantitative estimate of drug-likeness (QED) is 0.123. The van der Waals surface area contributed by atoms with Crippen LogP contribution in [0.25, 0.3) is 11.1 Å². The van der Waals surface area contributed by atoms with E-state index in [0.29, 0.717) is 17.9 Å². The summed E-state index contributed by atoms with van der Waals surface area (Å²) in [5, 5.41) is 0. The van der Waals surface area contributed by atoms with Gasteiger partial charge in [-0.1, -0.05) is 69.5 Å². The smallest absolute Gasteiger partial charge is 0.343 e. The second-order valence-corrected chi connectivity index (χ2v) is 9.28. The normalized spacial score (nSPS) is 11.8. The highest BCUT2D eigenvalue weighted by Gasteiger charge is 2.10. The summed E-state index contributed by atoms with van der Waals surface area (Å²) in [6, 6.07) is 23.3. The fraction of sp³-hybridized carbons (Fsp3) is 0.406. The summed E-state index contributed by atoms with van der Waals surface area (Å²) in [6.45, 7) is 7.95. The molecule has 1 atom stereocenters. The van der Waals surface area contributed by atoms with Crippen molar-refractivity contribution in [1.82, 2.24) is 0 Å². The maximum Gasteiger partial charge on any atom is 0.343 e. The number of esters is 1. The van der Waals surface area contributed by atoms with Gasteiger partial charge in [0, 0.05) is 6.61 Å². The third-order valence-electron chi connectivity index (χ3n) is 6.13. The molecule has 0 fully saturated rings. The lowest BCUT2D eigenvalue weighted by molar-refractivity contribution is 0.0734. The van der Waals surface area contributed by atoms with E-state index in [1.807, 2.05) is 48.5 Å². The highest BCUT2D eigenvalue weighted by atomic mass is 16.5. The van der Waals surface area contributed by atoms with Gasteiger partial charge < -0.3 is 14.2 Å². The average molecular weight is 489 g/mol. The minimum absolute atomic E-state index is 0.217. The van der Waals surface area contributed by atoms with Crippen LogP contribution in [0.1, 0.15) is 75.2 Å². The third-order valence-corrected chi connectivity index (χ3v) is 6.13. The van der Waals surface area contributed by atoms with Gasteiger partial charge in [-0.15, -0.1) is 0 Å². The number of ether oxygens (including phenoxy) is 3. The lowest BCUT2D eigenvalue weighted by atomic mass is 10.0. The van der Waals surface area contributed by atoms with Crippen molar-refractivity contribution in [3.8, 4) is 22.6 Å². The first-order valence-corrected chi connectivity index (χ1v) is 13.3. The number of carbonyl (C=O) groups is 1. The number of unbranched alkanes of at least 4 members (excludes halogenated alkanes) is 3. The van der Waals surface area contributed by atoms with Gasteiger partial charge in [-0.3, -0.25) is 0 Å². The van der Waals surface area contributed by atoms with Crippen LogP contribution in [0.5, 0.6) is 11.5 Å². The van der Waals surface area contributed by atoms with Crippen molar-refractivity contribution in [2.45, 2.75) is 71.8 Å². The monoisotopic (exact) mass is 488 g/mol. The molecule has 0 aliphatic rings. The molecule has 36 heavy (non-hydrogen) atoms. The van der Waals surface area contributed by atoms with Crippen molar-refractivity contribution >= 4 is 5.97 Å². The molecule has 0 amide bonds. The summed E-state index contributed by atoms with van der Waals surface area (Å²) in [5.41, 5.74) is 3.80. The molecule has 0 bridgehead atoms. The Morgan fingerprint density at radius 2 is 1.36 bits per heavy atom. The van der Waals surface area contributed by atoms with E-state index in [9.17, 15) is 4.79 Å². The van der Waals surface area contributed by atoms with Crippen LogP contribution in [0.3, 0.4) is 0 Å². The Labute approximate surface area is 216 Å². The van der Waals surface area contributed by atoms with Gasteiger partial charge >= 0.3 is 5.97 Å². The van der Waals surface area contributed by atoms with Crippen molar-refractivity contribution < 1.29 is 19.0 Å². The summed E-state index contributed by atoms with van der Waals surface area (Å²) in [4.78, 5) is 12.6. The van der Waals surface area contributed by atoms with Crippen LogP contribution < -0.4 is 9.47 Å². The minimum atomic E-state index is -0.364. The van der Waals surface area contributed by atoms with Gasteiger partial charge in [-0.2, -0.15) is 0 Å². The zero-order chi connectivity index (χ0) is 25.6. The lowest BCUT2D eigenvalue weighted by Gasteiger charge is -2.15. The van der Waals surface area contributed by atoms with Gasteiger partial charge in [0.2, 0.25) is 0 Å². The van der Waals surface area contributed by atoms with E-state index in [-0.39, 0.29) is 12.1 Å². The number of carbonyl (C=O) groups excluding carboxylic acids is 1. The predicted molar refractivity (Wildman–Crippen MR) is 147 cm³/mol. The number of hydrogen-bond acceptors (Lipinski definition) is 4. The standard InChI is InChI=1S/C32H40O4/c1-4-6-7-8-9-25(3)35-30-20-16-28(17-21-30)27-12-14-29(15-13-27)32(33)36-31-18-10-26(11-19-31)22-24-34-23-5-2/h10-21,25H,4-9,22-24H2,1-3H3/t25-/m0/s1. The summed E-state index contributed by atoms with van der Waals surface area (Å²) >= 11 is 0. The Morgan fingerprint density at radius 3 is 2.00 bits per heavy atom. The van der Waals surface area contributed by atoms with Gasteiger partial charge in [0.15, 0.2) is 0 Å². The molecule has 0 aliphatic heterocycles. The third kappa shape index (κ3) is 9.16. The number of rotatable bonds is 15. The van der Waals surface area contributed by atoms with Crippen molar-refractivity contribution in [2.75, 3.05) is 13.2 Å². The molecule has 3 rings (SSSR count). The molecule has 4 nitrogen and oxygen atoms in total. The summed E-state index contributed by atoms with van der Waals surface area (Å²) in [5.74, 6) is 1.07. The molecule has 4 heteroatoms. The minimum Gasteiger partial charge on any atom is -0.491 e. The predicted octanol–water partition coefficient (Wildman–Crippen LogP) is 8.28. The summed E-state index contributed by atoms with van der Waals surface area (Å²) in [6.07, 6.45) is 8.20. The molecule has 0 heterocycles. The molecule has 0 aliphatic carbocycles. The highest BCUT2D eigenvalue weighted by Crippen LogP contribution is 2.24. The largest absolute Gasteiger partial charge is 0.491 e. The molecule has 192 valence electrons. The molecule has 0 unspecified atom stereocenters. The van der Waals surface area contributed by atoms with Crippen molar-refractivity contribution in [3.05, 3.63) is 83.9 Å². The van der Waals surface area contributed by atoms with Gasteiger partial charge in [0.05, 0.1) is 18.3 Å². The molecular formula is C32H40O4. The Hall–Kier alpha value is -3.11. The second-order valence-electron chi connectivity index (χ2n) is 9.28. The first-order chi connectivity index (χ1) is 17.6. The summed E-state index contributed by atoms with van der Waals surface area (Å²) < 4.78 is 17.1. The van der Waals surface area contributed by atoms with Crippen molar-refractivity contribution in [2.24, 2.45) is 0 Å². The van der Waals surface area contributed by atoms with Crippen LogP contribution in [-0.4, -0.2) is 25.3 Å². The van der Waals surface area contributed by atoms with Crippen LogP contribution in [0.2, 0.25) is 0 Å². The van der Waals surface area contributed by atoms with Crippen molar-refractivity contribution in [1.29, 1.82) is 0 Å². The van der Waals surface area contributed by atoms with Crippen molar-refractivity contribution in [3.63, 3.8) is 0 Å². The van der Waals surface area contributed by atoms with E-state index in [4.69, 9.17) is 14.2 Å². The lowest BCUT2D eigenvalue weighted by Crippen LogP contribution is -2.11. The van der Waals surface area contributed by atoms with Gasteiger partial charge in [0.1, 0.15) is 11.5 Å². The number of benzene rings is 3. The average Bonchev–Trinajstić information content (AvgIpc) is 2.90. The topological polar surface area (TPSA) is 44.8 Å². The Bertz CT molecular complexity index is 1020.